The lowest BCUT2D eigenvalue weighted by Gasteiger charge is -2.35. The standard InChI is InChI=1S/C10H12ClN5O/c1-17-7-2-6(3-7)14-9-4-8(11)15-10-12-5-13-16(9)10/h4-7,14H,2-3H2,1H3. The van der Waals surface area contributed by atoms with Crippen molar-refractivity contribution in [1.29, 1.82) is 0 Å². The van der Waals surface area contributed by atoms with Crippen LogP contribution in [-0.4, -0.2) is 38.8 Å². The molecule has 3 rings (SSSR count). The molecule has 17 heavy (non-hydrogen) atoms. The fourth-order valence-corrected chi connectivity index (χ4v) is 2.15. The van der Waals surface area contributed by atoms with Crippen molar-refractivity contribution in [3.8, 4) is 0 Å². The summed E-state index contributed by atoms with van der Waals surface area (Å²) < 4.78 is 6.88. The number of rotatable bonds is 3. The summed E-state index contributed by atoms with van der Waals surface area (Å²) in [5.74, 6) is 1.32. The summed E-state index contributed by atoms with van der Waals surface area (Å²) in [4.78, 5) is 8.08. The number of nitrogens with zero attached hydrogens (tertiary/aromatic N) is 4. The third-order valence-corrected chi connectivity index (χ3v) is 3.19. The Kier molecular flexibility index (Phi) is 2.60. The number of aromatic nitrogens is 4. The third-order valence-electron chi connectivity index (χ3n) is 3.00. The van der Waals surface area contributed by atoms with Gasteiger partial charge in [-0.2, -0.15) is 19.6 Å². The van der Waals surface area contributed by atoms with Crippen LogP contribution in [0.1, 0.15) is 12.8 Å². The van der Waals surface area contributed by atoms with E-state index in [9.17, 15) is 0 Å². The van der Waals surface area contributed by atoms with Crippen molar-refractivity contribution in [2.45, 2.75) is 25.0 Å². The minimum Gasteiger partial charge on any atom is -0.381 e. The molecule has 1 aliphatic rings. The molecule has 6 nitrogen and oxygen atoms in total. The van der Waals surface area contributed by atoms with Crippen LogP contribution in [0.4, 0.5) is 5.82 Å². The lowest BCUT2D eigenvalue weighted by atomic mass is 9.89. The first kappa shape index (κ1) is 10.7. The summed E-state index contributed by atoms with van der Waals surface area (Å²) in [6, 6.07) is 2.15. The molecule has 0 atom stereocenters. The largest absolute Gasteiger partial charge is 0.381 e. The van der Waals surface area contributed by atoms with Crippen molar-refractivity contribution in [2.75, 3.05) is 12.4 Å². The predicted molar refractivity (Wildman–Crippen MR) is 63.2 cm³/mol. The fraction of sp³-hybridized carbons (Fsp3) is 0.500. The number of ether oxygens (including phenoxy) is 1. The molecule has 0 saturated heterocycles. The van der Waals surface area contributed by atoms with Crippen LogP contribution in [0.15, 0.2) is 12.4 Å². The van der Waals surface area contributed by atoms with E-state index in [1.165, 1.54) is 6.33 Å². The maximum Gasteiger partial charge on any atom is 0.255 e. The third kappa shape index (κ3) is 1.94. The maximum absolute atomic E-state index is 5.92. The van der Waals surface area contributed by atoms with Gasteiger partial charge in [-0.05, 0) is 12.8 Å². The Bertz CT molecular complexity index is 536. The normalized spacial score (nSPS) is 23.6. The Morgan fingerprint density at radius 3 is 3.12 bits per heavy atom. The average Bonchev–Trinajstić information content (AvgIpc) is 2.70. The van der Waals surface area contributed by atoms with E-state index in [4.69, 9.17) is 16.3 Å². The predicted octanol–water partition coefficient (Wildman–Crippen LogP) is 1.37. The molecular weight excluding hydrogens is 242 g/mol. The van der Waals surface area contributed by atoms with Crippen LogP contribution in [-0.2, 0) is 4.74 Å². The quantitative estimate of drug-likeness (QED) is 0.837. The number of fused-ring (bicyclic) bond motifs is 1. The average molecular weight is 254 g/mol. The molecule has 1 saturated carbocycles. The highest BCUT2D eigenvalue weighted by Crippen LogP contribution is 2.26. The van der Waals surface area contributed by atoms with Gasteiger partial charge in [0.25, 0.3) is 5.78 Å². The lowest BCUT2D eigenvalue weighted by Crippen LogP contribution is -2.40. The van der Waals surface area contributed by atoms with Crippen LogP contribution >= 0.6 is 11.6 Å². The first-order valence-corrected chi connectivity index (χ1v) is 5.79. The molecule has 0 amide bonds. The van der Waals surface area contributed by atoms with Crippen LogP contribution in [0.5, 0.6) is 0 Å². The SMILES string of the molecule is COC1CC(Nc2cc(Cl)nc3ncnn23)C1. The number of hydrogen-bond acceptors (Lipinski definition) is 5. The number of halogens is 1. The number of anilines is 1. The van der Waals surface area contributed by atoms with E-state index in [-0.39, 0.29) is 0 Å². The summed E-state index contributed by atoms with van der Waals surface area (Å²) in [6.45, 7) is 0. The van der Waals surface area contributed by atoms with Crippen molar-refractivity contribution in [3.63, 3.8) is 0 Å². The number of hydrogen-bond donors (Lipinski definition) is 1. The van der Waals surface area contributed by atoms with E-state index < -0.39 is 0 Å². The first-order chi connectivity index (χ1) is 8.26. The number of methoxy groups -OCH3 is 1. The zero-order valence-corrected chi connectivity index (χ0v) is 10.1. The highest BCUT2D eigenvalue weighted by Gasteiger charge is 2.29. The molecule has 2 aromatic rings. The van der Waals surface area contributed by atoms with Crippen molar-refractivity contribution in [2.24, 2.45) is 0 Å². The minimum atomic E-state index is 0.357. The second-order valence-corrected chi connectivity index (χ2v) is 4.49. The van der Waals surface area contributed by atoms with Crippen molar-refractivity contribution < 1.29 is 4.74 Å². The minimum absolute atomic E-state index is 0.357. The molecule has 0 spiro atoms. The van der Waals surface area contributed by atoms with Gasteiger partial charge in [0.1, 0.15) is 17.3 Å². The van der Waals surface area contributed by atoms with Gasteiger partial charge in [-0.15, -0.1) is 0 Å². The topological polar surface area (TPSA) is 64.3 Å². The molecule has 90 valence electrons. The van der Waals surface area contributed by atoms with Gasteiger partial charge < -0.3 is 10.1 Å². The van der Waals surface area contributed by atoms with Crippen LogP contribution in [0, 0.1) is 0 Å². The summed E-state index contributed by atoms with van der Waals surface area (Å²) in [5.41, 5.74) is 0. The summed E-state index contributed by atoms with van der Waals surface area (Å²) >= 11 is 5.92. The van der Waals surface area contributed by atoms with E-state index in [0.29, 0.717) is 23.1 Å². The van der Waals surface area contributed by atoms with Crippen LogP contribution in [0.2, 0.25) is 5.15 Å². The van der Waals surface area contributed by atoms with E-state index in [0.717, 1.165) is 18.7 Å². The molecule has 0 aliphatic heterocycles. The zero-order chi connectivity index (χ0) is 11.8. The smallest absolute Gasteiger partial charge is 0.255 e. The van der Waals surface area contributed by atoms with Crippen LogP contribution in [0.25, 0.3) is 5.78 Å². The first-order valence-electron chi connectivity index (χ1n) is 5.42. The molecule has 1 N–H and O–H groups in total. The molecule has 7 heteroatoms. The maximum atomic E-state index is 5.92. The molecule has 0 radical (unpaired) electrons. The molecule has 1 aliphatic carbocycles. The van der Waals surface area contributed by atoms with Gasteiger partial charge in [-0.25, -0.2) is 0 Å². The second-order valence-electron chi connectivity index (χ2n) is 4.11. The van der Waals surface area contributed by atoms with Crippen molar-refractivity contribution in [1.82, 2.24) is 19.6 Å². The lowest BCUT2D eigenvalue weighted by molar-refractivity contribution is 0.0327. The molecule has 0 bridgehead atoms. The summed E-state index contributed by atoms with van der Waals surface area (Å²) in [6.07, 6.45) is 3.80. The van der Waals surface area contributed by atoms with Crippen LogP contribution in [0.3, 0.4) is 0 Å². The molecule has 1 fully saturated rings. The van der Waals surface area contributed by atoms with Gasteiger partial charge in [-0.1, -0.05) is 11.6 Å². The number of nitrogens with one attached hydrogen (secondary N) is 1. The van der Waals surface area contributed by atoms with Crippen molar-refractivity contribution >= 4 is 23.2 Å². The Hall–Kier alpha value is -1.40. The van der Waals surface area contributed by atoms with E-state index in [1.54, 1.807) is 17.7 Å². The molecule has 0 aromatic carbocycles. The van der Waals surface area contributed by atoms with Gasteiger partial charge in [0.15, 0.2) is 0 Å². The molecule has 2 heterocycles. The van der Waals surface area contributed by atoms with E-state index in [2.05, 4.69) is 20.4 Å². The highest BCUT2D eigenvalue weighted by atomic mass is 35.5. The van der Waals surface area contributed by atoms with Gasteiger partial charge in [0, 0.05) is 19.2 Å². The van der Waals surface area contributed by atoms with Gasteiger partial charge >= 0.3 is 0 Å². The highest BCUT2D eigenvalue weighted by molar-refractivity contribution is 6.29. The van der Waals surface area contributed by atoms with Gasteiger partial charge in [0.2, 0.25) is 0 Å². The van der Waals surface area contributed by atoms with Crippen molar-refractivity contribution in [3.05, 3.63) is 17.5 Å². The Balaban J connectivity index is 1.83. The summed E-state index contributed by atoms with van der Waals surface area (Å²) in [7, 11) is 1.74. The van der Waals surface area contributed by atoms with Gasteiger partial charge in [-0.3, -0.25) is 0 Å². The molecule has 2 aromatic heterocycles. The van der Waals surface area contributed by atoms with Gasteiger partial charge in [0.05, 0.1) is 6.10 Å². The zero-order valence-electron chi connectivity index (χ0n) is 9.30. The van der Waals surface area contributed by atoms with E-state index in [1.807, 2.05) is 0 Å². The Morgan fingerprint density at radius 2 is 2.35 bits per heavy atom. The monoisotopic (exact) mass is 253 g/mol. The fourth-order valence-electron chi connectivity index (χ4n) is 1.97. The Morgan fingerprint density at radius 1 is 1.53 bits per heavy atom. The Labute approximate surface area is 103 Å². The summed E-state index contributed by atoms with van der Waals surface area (Å²) in [5, 5.41) is 7.88. The van der Waals surface area contributed by atoms with Crippen LogP contribution < -0.4 is 5.32 Å². The molecule has 0 unspecified atom stereocenters. The second kappa shape index (κ2) is 4.12. The van der Waals surface area contributed by atoms with E-state index >= 15 is 0 Å². The molecular formula is C10H12ClN5O.